The van der Waals surface area contributed by atoms with E-state index in [-0.39, 0.29) is 18.2 Å². The Morgan fingerprint density at radius 1 is 1.23 bits per heavy atom. The van der Waals surface area contributed by atoms with E-state index >= 15 is 0 Å². The molecule has 0 saturated carbocycles. The molecular formula is C16H15N3O3. The van der Waals surface area contributed by atoms with Gasteiger partial charge in [0.15, 0.2) is 5.69 Å². The third kappa shape index (κ3) is 2.91. The molecule has 0 radical (unpaired) electrons. The van der Waals surface area contributed by atoms with Crippen molar-refractivity contribution in [2.45, 2.75) is 6.04 Å². The van der Waals surface area contributed by atoms with Gasteiger partial charge in [-0.3, -0.25) is 4.79 Å². The van der Waals surface area contributed by atoms with Crippen molar-refractivity contribution in [3.63, 3.8) is 0 Å². The minimum atomic E-state index is -0.593. The Bertz CT molecular complexity index is 735. The number of benzene rings is 1. The number of furan rings is 1. The van der Waals surface area contributed by atoms with E-state index in [1.807, 2.05) is 30.3 Å². The Morgan fingerprint density at radius 3 is 2.73 bits per heavy atom. The number of aliphatic hydroxyl groups is 1. The van der Waals surface area contributed by atoms with E-state index in [0.717, 1.165) is 5.69 Å². The van der Waals surface area contributed by atoms with Crippen molar-refractivity contribution in [2.75, 3.05) is 6.61 Å². The van der Waals surface area contributed by atoms with Crippen LogP contribution in [0.4, 0.5) is 0 Å². The van der Waals surface area contributed by atoms with Crippen LogP contribution in [0.15, 0.2) is 65.4 Å². The molecule has 0 bridgehead atoms. The summed E-state index contributed by atoms with van der Waals surface area (Å²) < 4.78 is 6.82. The number of hydrogen-bond donors (Lipinski definition) is 2. The molecule has 3 aromatic rings. The second-order valence-corrected chi connectivity index (χ2v) is 4.71. The molecule has 0 spiro atoms. The minimum absolute atomic E-state index is 0.251. The molecule has 1 aromatic carbocycles. The molecule has 0 aliphatic rings. The van der Waals surface area contributed by atoms with Crippen LogP contribution in [0.5, 0.6) is 0 Å². The summed E-state index contributed by atoms with van der Waals surface area (Å²) >= 11 is 0. The molecule has 2 heterocycles. The first-order chi connectivity index (χ1) is 10.8. The summed E-state index contributed by atoms with van der Waals surface area (Å²) in [5.74, 6) is 0.128. The second kappa shape index (κ2) is 6.28. The average Bonchev–Trinajstić information content (AvgIpc) is 3.24. The minimum Gasteiger partial charge on any atom is -0.467 e. The number of rotatable bonds is 5. The molecular weight excluding hydrogens is 282 g/mol. The molecule has 0 aliphatic heterocycles. The van der Waals surface area contributed by atoms with E-state index in [1.165, 1.54) is 6.26 Å². The van der Waals surface area contributed by atoms with Crippen molar-refractivity contribution in [3.05, 3.63) is 72.4 Å². The van der Waals surface area contributed by atoms with Gasteiger partial charge in [0.25, 0.3) is 5.91 Å². The monoisotopic (exact) mass is 297 g/mol. The molecule has 3 rings (SSSR count). The Balaban J connectivity index is 1.74. The molecule has 6 heteroatoms. The van der Waals surface area contributed by atoms with Crippen LogP contribution in [0.3, 0.4) is 0 Å². The summed E-state index contributed by atoms with van der Waals surface area (Å²) in [6.45, 7) is -0.251. The zero-order valence-corrected chi connectivity index (χ0v) is 11.7. The third-order valence-corrected chi connectivity index (χ3v) is 3.22. The number of nitrogens with zero attached hydrogens (tertiary/aromatic N) is 2. The molecule has 1 unspecified atom stereocenters. The molecule has 0 aliphatic carbocycles. The first-order valence-electron chi connectivity index (χ1n) is 6.84. The molecule has 22 heavy (non-hydrogen) atoms. The SMILES string of the molecule is O=C(NC(CO)c1ccco1)c1ccn(-c2ccccc2)n1. The van der Waals surface area contributed by atoms with Crippen molar-refractivity contribution in [2.24, 2.45) is 0 Å². The van der Waals surface area contributed by atoms with Gasteiger partial charge >= 0.3 is 0 Å². The Kier molecular flexibility index (Phi) is 4.02. The topological polar surface area (TPSA) is 80.3 Å². The van der Waals surface area contributed by atoms with Gasteiger partial charge in [0.05, 0.1) is 18.6 Å². The highest BCUT2D eigenvalue weighted by atomic mass is 16.3. The van der Waals surface area contributed by atoms with Gasteiger partial charge in [-0.15, -0.1) is 0 Å². The van der Waals surface area contributed by atoms with Gasteiger partial charge in [0.1, 0.15) is 11.8 Å². The van der Waals surface area contributed by atoms with Crippen LogP contribution < -0.4 is 5.32 Å². The van der Waals surface area contributed by atoms with Gasteiger partial charge in [-0.05, 0) is 30.3 Å². The largest absolute Gasteiger partial charge is 0.467 e. The summed E-state index contributed by atoms with van der Waals surface area (Å²) in [7, 11) is 0. The smallest absolute Gasteiger partial charge is 0.272 e. The van der Waals surface area contributed by atoms with Crippen molar-refractivity contribution in [1.82, 2.24) is 15.1 Å². The summed E-state index contributed by atoms with van der Waals surface area (Å²) in [6, 6.07) is 13.9. The molecule has 1 atom stereocenters. The maximum atomic E-state index is 12.2. The van der Waals surface area contributed by atoms with E-state index in [2.05, 4.69) is 10.4 Å². The number of carbonyl (C=O) groups excluding carboxylic acids is 1. The first kappa shape index (κ1) is 14.1. The van der Waals surface area contributed by atoms with E-state index in [1.54, 1.807) is 29.1 Å². The quantitative estimate of drug-likeness (QED) is 0.754. The lowest BCUT2D eigenvalue weighted by molar-refractivity contribution is 0.0902. The van der Waals surface area contributed by atoms with Crippen molar-refractivity contribution in [1.29, 1.82) is 0 Å². The zero-order valence-electron chi connectivity index (χ0n) is 11.7. The van der Waals surface area contributed by atoms with Crippen LogP contribution in [-0.2, 0) is 0 Å². The van der Waals surface area contributed by atoms with Crippen LogP contribution in [0.2, 0.25) is 0 Å². The fourth-order valence-electron chi connectivity index (χ4n) is 2.10. The molecule has 2 N–H and O–H groups in total. The number of aliphatic hydroxyl groups excluding tert-OH is 1. The number of para-hydroxylation sites is 1. The van der Waals surface area contributed by atoms with Gasteiger partial charge in [0, 0.05) is 6.20 Å². The number of carbonyl (C=O) groups is 1. The normalized spacial score (nSPS) is 12.0. The number of nitrogens with one attached hydrogen (secondary N) is 1. The highest BCUT2D eigenvalue weighted by molar-refractivity contribution is 5.92. The first-order valence-corrected chi connectivity index (χ1v) is 6.84. The van der Waals surface area contributed by atoms with Crippen molar-refractivity contribution >= 4 is 5.91 Å². The van der Waals surface area contributed by atoms with Gasteiger partial charge in [-0.1, -0.05) is 18.2 Å². The summed E-state index contributed by atoms with van der Waals surface area (Å²) in [5.41, 5.74) is 1.14. The van der Waals surface area contributed by atoms with Crippen molar-refractivity contribution < 1.29 is 14.3 Å². The Labute approximate surface area is 127 Å². The summed E-state index contributed by atoms with van der Waals surface area (Å²) in [5, 5.41) is 16.3. The summed E-state index contributed by atoms with van der Waals surface area (Å²) in [6.07, 6.45) is 3.21. The number of aromatic nitrogens is 2. The maximum Gasteiger partial charge on any atom is 0.272 e. The molecule has 2 aromatic heterocycles. The lowest BCUT2D eigenvalue weighted by Gasteiger charge is -2.12. The van der Waals surface area contributed by atoms with E-state index in [9.17, 15) is 9.90 Å². The fourth-order valence-corrected chi connectivity index (χ4v) is 2.10. The fraction of sp³-hybridized carbons (Fsp3) is 0.125. The maximum absolute atomic E-state index is 12.2. The lowest BCUT2D eigenvalue weighted by Crippen LogP contribution is -2.30. The molecule has 0 fully saturated rings. The standard InChI is InChI=1S/C16H15N3O3/c20-11-14(15-7-4-10-22-15)17-16(21)13-8-9-19(18-13)12-5-2-1-3-6-12/h1-10,14,20H,11H2,(H,17,21). The predicted molar refractivity (Wildman–Crippen MR) is 79.6 cm³/mol. The van der Waals surface area contributed by atoms with Crippen molar-refractivity contribution in [3.8, 4) is 5.69 Å². The Hall–Kier alpha value is -2.86. The molecule has 6 nitrogen and oxygen atoms in total. The van der Waals surface area contributed by atoms with Gasteiger partial charge < -0.3 is 14.8 Å². The second-order valence-electron chi connectivity index (χ2n) is 4.71. The highest BCUT2D eigenvalue weighted by Crippen LogP contribution is 2.14. The molecule has 1 amide bonds. The van der Waals surface area contributed by atoms with Crippen LogP contribution in [0, 0.1) is 0 Å². The average molecular weight is 297 g/mol. The number of hydrogen-bond acceptors (Lipinski definition) is 4. The van der Waals surface area contributed by atoms with E-state index in [0.29, 0.717) is 5.76 Å². The zero-order chi connectivity index (χ0) is 15.4. The van der Waals surface area contributed by atoms with Crippen LogP contribution in [-0.4, -0.2) is 27.4 Å². The van der Waals surface area contributed by atoms with Crippen LogP contribution in [0.1, 0.15) is 22.3 Å². The van der Waals surface area contributed by atoms with Gasteiger partial charge in [-0.25, -0.2) is 4.68 Å². The van der Waals surface area contributed by atoms with Gasteiger partial charge in [0.2, 0.25) is 0 Å². The van der Waals surface area contributed by atoms with E-state index in [4.69, 9.17) is 4.42 Å². The van der Waals surface area contributed by atoms with Gasteiger partial charge in [-0.2, -0.15) is 5.10 Å². The Morgan fingerprint density at radius 2 is 2.05 bits per heavy atom. The third-order valence-electron chi connectivity index (χ3n) is 3.22. The molecule has 0 saturated heterocycles. The van der Waals surface area contributed by atoms with Crippen LogP contribution >= 0.6 is 0 Å². The lowest BCUT2D eigenvalue weighted by atomic mass is 10.2. The summed E-state index contributed by atoms with van der Waals surface area (Å²) in [4.78, 5) is 12.2. The number of amides is 1. The highest BCUT2D eigenvalue weighted by Gasteiger charge is 2.18. The molecule has 112 valence electrons. The predicted octanol–water partition coefficient (Wildman–Crippen LogP) is 1.93. The van der Waals surface area contributed by atoms with Crippen LogP contribution in [0.25, 0.3) is 5.69 Å². The van der Waals surface area contributed by atoms with E-state index < -0.39 is 6.04 Å².